The number of para-hydroxylation sites is 1. The van der Waals surface area contributed by atoms with E-state index in [9.17, 15) is 8.42 Å². The van der Waals surface area contributed by atoms with E-state index in [-0.39, 0.29) is 0 Å². The van der Waals surface area contributed by atoms with Crippen molar-refractivity contribution < 1.29 is 8.42 Å². The van der Waals surface area contributed by atoms with Crippen molar-refractivity contribution in [3.8, 4) is 0 Å². The molecule has 0 unspecified atom stereocenters. The molecule has 5 heteroatoms. The van der Waals surface area contributed by atoms with Crippen molar-refractivity contribution in [2.45, 2.75) is 11.4 Å². The van der Waals surface area contributed by atoms with Crippen LogP contribution in [0.2, 0.25) is 0 Å². The fourth-order valence-electron chi connectivity index (χ4n) is 1.78. The summed E-state index contributed by atoms with van der Waals surface area (Å²) < 4.78 is 24.3. The first-order valence-electron chi connectivity index (χ1n) is 5.74. The Labute approximate surface area is 121 Å². The highest BCUT2D eigenvalue weighted by molar-refractivity contribution is 9.10. The van der Waals surface area contributed by atoms with Gasteiger partial charge in [-0.25, -0.2) is 8.42 Å². The SMILES string of the molecule is CS(=O)(=O)c1ccccc1NCc1cccc(Br)c1. The number of nitrogens with one attached hydrogen (secondary N) is 1. The quantitative estimate of drug-likeness (QED) is 0.927. The molecule has 0 atom stereocenters. The molecular weight excluding hydrogens is 326 g/mol. The van der Waals surface area contributed by atoms with Crippen molar-refractivity contribution >= 4 is 31.5 Å². The predicted octanol–water partition coefficient (Wildman–Crippen LogP) is 3.46. The van der Waals surface area contributed by atoms with Gasteiger partial charge < -0.3 is 5.32 Å². The molecule has 3 nitrogen and oxygen atoms in total. The Kier molecular flexibility index (Phi) is 4.27. The Morgan fingerprint density at radius 1 is 1.11 bits per heavy atom. The molecule has 2 aromatic carbocycles. The van der Waals surface area contributed by atoms with Crippen LogP contribution in [0, 0.1) is 0 Å². The summed E-state index contributed by atoms with van der Waals surface area (Å²) in [6, 6.07) is 14.8. The molecule has 0 heterocycles. The number of hydrogen-bond donors (Lipinski definition) is 1. The lowest BCUT2D eigenvalue weighted by atomic mass is 10.2. The second-order valence-electron chi connectivity index (χ2n) is 4.25. The smallest absolute Gasteiger partial charge is 0.177 e. The zero-order valence-corrected chi connectivity index (χ0v) is 12.8. The van der Waals surface area contributed by atoms with E-state index in [1.807, 2.05) is 30.3 Å². The molecule has 19 heavy (non-hydrogen) atoms. The first kappa shape index (κ1) is 14.1. The zero-order chi connectivity index (χ0) is 13.9. The van der Waals surface area contributed by atoms with Crippen LogP contribution < -0.4 is 5.32 Å². The largest absolute Gasteiger partial charge is 0.380 e. The van der Waals surface area contributed by atoms with Crippen LogP contribution in [-0.4, -0.2) is 14.7 Å². The van der Waals surface area contributed by atoms with Gasteiger partial charge in [-0.05, 0) is 29.8 Å². The summed E-state index contributed by atoms with van der Waals surface area (Å²) in [6.45, 7) is 0.575. The Bertz CT molecular complexity index is 683. The second-order valence-corrected chi connectivity index (χ2v) is 7.15. The average molecular weight is 340 g/mol. The van der Waals surface area contributed by atoms with Crippen LogP contribution in [0.15, 0.2) is 57.9 Å². The third kappa shape index (κ3) is 3.81. The molecule has 0 aliphatic rings. The van der Waals surface area contributed by atoms with E-state index in [0.717, 1.165) is 10.0 Å². The van der Waals surface area contributed by atoms with Crippen LogP contribution in [0.4, 0.5) is 5.69 Å². The lowest BCUT2D eigenvalue weighted by Crippen LogP contribution is -2.06. The topological polar surface area (TPSA) is 46.2 Å². The van der Waals surface area contributed by atoms with Gasteiger partial charge in [-0.2, -0.15) is 0 Å². The van der Waals surface area contributed by atoms with Crippen LogP contribution in [0.25, 0.3) is 0 Å². The highest BCUT2D eigenvalue weighted by atomic mass is 79.9. The number of sulfone groups is 1. The van der Waals surface area contributed by atoms with Crippen molar-refractivity contribution in [1.82, 2.24) is 0 Å². The molecule has 0 fully saturated rings. The van der Waals surface area contributed by atoms with Crippen LogP contribution in [-0.2, 0) is 16.4 Å². The minimum absolute atomic E-state index is 0.324. The second kappa shape index (κ2) is 5.75. The third-order valence-corrected chi connectivity index (χ3v) is 4.31. The Hall–Kier alpha value is -1.33. The maximum Gasteiger partial charge on any atom is 0.177 e. The number of hydrogen-bond acceptors (Lipinski definition) is 3. The molecule has 0 radical (unpaired) electrons. The van der Waals surface area contributed by atoms with Crippen molar-refractivity contribution in [2.24, 2.45) is 0 Å². The monoisotopic (exact) mass is 339 g/mol. The molecule has 0 aliphatic carbocycles. The highest BCUT2D eigenvalue weighted by Crippen LogP contribution is 2.21. The normalized spacial score (nSPS) is 11.3. The molecular formula is C14H14BrNO2S. The molecule has 0 amide bonds. The Morgan fingerprint density at radius 3 is 2.53 bits per heavy atom. The molecule has 0 bridgehead atoms. The number of rotatable bonds is 4. The van der Waals surface area contributed by atoms with E-state index in [0.29, 0.717) is 17.1 Å². The summed E-state index contributed by atoms with van der Waals surface area (Å²) in [5.74, 6) is 0. The molecule has 0 aliphatic heterocycles. The van der Waals surface area contributed by atoms with Gasteiger partial charge in [0.25, 0.3) is 0 Å². The van der Waals surface area contributed by atoms with Gasteiger partial charge in [-0.15, -0.1) is 0 Å². The molecule has 0 saturated heterocycles. The van der Waals surface area contributed by atoms with Crippen molar-refractivity contribution in [3.63, 3.8) is 0 Å². The van der Waals surface area contributed by atoms with Crippen LogP contribution in [0.5, 0.6) is 0 Å². The first-order valence-corrected chi connectivity index (χ1v) is 8.42. The summed E-state index contributed by atoms with van der Waals surface area (Å²) in [5, 5.41) is 3.16. The molecule has 2 rings (SSSR count). The fourth-order valence-corrected chi connectivity index (χ4v) is 3.09. The maximum atomic E-state index is 11.7. The van der Waals surface area contributed by atoms with Gasteiger partial charge in [0.05, 0.1) is 10.6 Å². The Morgan fingerprint density at radius 2 is 1.84 bits per heavy atom. The summed E-state index contributed by atoms with van der Waals surface area (Å²) in [4.78, 5) is 0.324. The summed E-state index contributed by atoms with van der Waals surface area (Å²) in [5.41, 5.74) is 1.71. The van der Waals surface area contributed by atoms with Crippen LogP contribution in [0.3, 0.4) is 0 Å². The van der Waals surface area contributed by atoms with E-state index in [1.54, 1.807) is 18.2 Å². The van der Waals surface area contributed by atoms with Gasteiger partial charge in [-0.1, -0.05) is 40.2 Å². The lowest BCUT2D eigenvalue weighted by Gasteiger charge is -2.11. The van der Waals surface area contributed by atoms with Crippen LogP contribution in [0.1, 0.15) is 5.56 Å². The van der Waals surface area contributed by atoms with E-state index in [2.05, 4.69) is 21.2 Å². The summed E-state index contributed by atoms with van der Waals surface area (Å²) >= 11 is 3.41. The molecule has 2 aromatic rings. The number of benzene rings is 2. The highest BCUT2D eigenvalue weighted by Gasteiger charge is 2.11. The molecule has 1 N–H and O–H groups in total. The minimum Gasteiger partial charge on any atom is -0.380 e. The van der Waals surface area contributed by atoms with Gasteiger partial charge >= 0.3 is 0 Å². The number of anilines is 1. The van der Waals surface area contributed by atoms with E-state index < -0.39 is 9.84 Å². The van der Waals surface area contributed by atoms with Gasteiger partial charge in [0, 0.05) is 17.3 Å². The zero-order valence-electron chi connectivity index (χ0n) is 10.4. The van der Waals surface area contributed by atoms with E-state index >= 15 is 0 Å². The predicted molar refractivity (Wildman–Crippen MR) is 81.0 cm³/mol. The van der Waals surface area contributed by atoms with E-state index in [1.165, 1.54) is 6.26 Å². The molecule has 0 saturated carbocycles. The lowest BCUT2D eigenvalue weighted by molar-refractivity contribution is 0.602. The Balaban J connectivity index is 2.21. The molecule has 0 spiro atoms. The summed E-state index contributed by atoms with van der Waals surface area (Å²) in [7, 11) is -3.22. The van der Waals surface area contributed by atoms with Crippen LogP contribution >= 0.6 is 15.9 Å². The standard InChI is InChI=1S/C14H14BrNO2S/c1-19(17,18)14-8-3-2-7-13(14)16-10-11-5-4-6-12(15)9-11/h2-9,16H,10H2,1H3. The third-order valence-electron chi connectivity index (χ3n) is 2.66. The molecule has 100 valence electrons. The van der Waals surface area contributed by atoms with Crippen molar-refractivity contribution in [1.29, 1.82) is 0 Å². The first-order chi connectivity index (χ1) is 8.97. The minimum atomic E-state index is -3.22. The van der Waals surface area contributed by atoms with E-state index in [4.69, 9.17) is 0 Å². The van der Waals surface area contributed by atoms with Gasteiger partial charge in [0.15, 0.2) is 9.84 Å². The molecule has 0 aromatic heterocycles. The van der Waals surface area contributed by atoms with Gasteiger partial charge in [0.2, 0.25) is 0 Å². The number of halogens is 1. The van der Waals surface area contributed by atoms with Gasteiger partial charge in [-0.3, -0.25) is 0 Å². The maximum absolute atomic E-state index is 11.7. The van der Waals surface area contributed by atoms with Crippen molar-refractivity contribution in [2.75, 3.05) is 11.6 Å². The summed E-state index contributed by atoms with van der Waals surface area (Å²) in [6.07, 6.45) is 1.21. The fraction of sp³-hybridized carbons (Fsp3) is 0.143. The average Bonchev–Trinajstić information content (AvgIpc) is 2.36. The van der Waals surface area contributed by atoms with Gasteiger partial charge in [0.1, 0.15) is 0 Å². The van der Waals surface area contributed by atoms with Crippen molar-refractivity contribution in [3.05, 3.63) is 58.6 Å².